The molecule has 0 bridgehead atoms. The number of hydrogen-bond donors (Lipinski definition) is 1. The van der Waals surface area contributed by atoms with Crippen LogP contribution in [0.3, 0.4) is 0 Å². The molecule has 6 nitrogen and oxygen atoms in total. The minimum absolute atomic E-state index is 0.153. The molecule has 0 fully saturated rings. The first-order valence-electron chi connectivity index (χ1n) is 9.69. The summed E-state index contributed by atoms with van der Waals surface area (Å²) in [6.45, 7) is 0. The molecule has 0 aliphatic rings. The van der Waals surface area contributed by atoms with E-state index in [0.29, 0.717) is 28.4 Å². The average molecular weight is 414 g/mol. The van der Waals surface area contributed by atoms with E-state index in [2.05, 4.69) is 9.97 Å². The van der Waals surface area contributed by atoms with Crippen LogP contribution in [0.1, 0.15) is 15.9 Å². The van der Waals surface area contributed by atoms with Crippen LogP contribution in [-0.2, 0) is 0 Å². The van der Waals surface area contributed by atoms with Gasteiger partial charge in [0.1, 0.15) is 0 Å². The van der Waals surface area contributed by atoms with E-state index in [1.54, 1.807) is 24.5 Å². The third-order valence-electron chi connectivity index (χ3n) is 5.09. The Morgan fingerprint density at radius 1 is 0.839 bits per heavy atom. The summed E-state index contributed by atoms with van der Waals surface area (Å²) in [5.74, 6) is 1.14. The van der Waals surface area contributed by atoms with Crippen LogP contribution < -0.4 is 14.2 Å². The molecule has 0 atom stereocenters. The maximum atomic E-state index is 13.7. The van der Waals surface area contributed by atoms with Gasteiger partial charge in [0.2, 0.25) is 5.75 Å². The van der Waals surface area contributed by atoms with Crippen LogP contribution in [0.2, 0.25) is 0 Å². The van der Waals surface area contributed by atoms with E-state index in [0.717, 1.165) is 22.4 Å². The molecule has 2 heterocycles. The number of aromatic amines is 1. The fourth-order valence-electron chi connectivity index (χ4n) is 3.56. The molecular weight excluding hydrogens is 392 g/mol. The second kappa shape index (κ2) is 8.75. The van der Waals surface area contributed by atoms with Crippen molar-refractivity contribution in [3.8, 4) is 39.6 Å². The molecule has 2 aromatic carbocycles. The highest BCUT2D eigenvalue weighted by atomic mass is 16.5. The van der Waals surface area contributed by atoms with E-state index in [4.69, 9.17) is 14.2 Å². The van der Waals surface area contributed by atoms with E-state index in [1.165, 1.54) is 21.3 Å². The van der Waals surface area contributed by atoms with Gasteiger partial charge in [-0.15, -0.1) is 0 Å². The zero-order chi connectivity index (χ0) is 21.8. The first kappa shape index (κ1) is 20.2. The Kier molecular flexibility index (Phi) is 5.71. The molecule has 0 saturated carbocycles. The summed E-state index contributed by atoms with van der Waals surface area (Å²) in [6.07, 6.45) is 5.27. The van der Waals surface area contributed by atoms with Crippen molar-refractivity contribution in [3.05, 3.63) is 84.3 Å². The van der Waals surface area contributed by atoms with Crippen molar-refractivity contribution >= 4 is 5.78 Å². The standard InChI is InChI=1S/C25H22N2O4/c1-29-22-14-18(15-23(30-2)25(22)31-3)24(28)20-13-17(21-5-4-10-27-21)6-7-19(20)16-8-11-26-12-9-16/h4-15,27H,1-3H3. The second-order valence-corrected chi connectivity index (χ2v) is 6.82. The van der Waals surface area contributed by atoms with E-state index < -0.39 is 0 Å². The SMILES string of the molecule is COc1cc(C(=O)c2cc(-c3ccc[nH]3)ccc2-c2ccncc2)cc(OC)c1OC. The van der Waals surface area contributed by atoms with Gasteiger partial charge in [-0.05, 0) is 59.2 Å². The molecule has 0 radical (unpaired) electrons. The highest BCUT2D eigenvalue weighted by Gasteiger charge is 2.21. The van der Waals surface area contributed by atoms with Gasteiger partial charge in [-0.1, -0.05) is 12.1 Å². The van der Waals surface area contributed by atoms with Gasteiger partial charge >= 0.3 is 0 Å². The lowest BCUT2D eigenvalue weighted by molar-refractivity contribution is 0.103. The van der Waals surface area contributed by atoms with Gasteiger partial charge in [-0.2, -0.15) is 0 Å². The third kappa shape index (κ3) is 3.88. The lowest BCUT2D eigenvalue weighted by Gasteiger charge is -2.15. The molecule has 1 N–H and O–H groups in total. The summed E-state index contributed by atoms with van der Waals surface area (Å²) in [5, 5.41) is 0. The van der Waals surface area contributed by atoms with Crippen LogP contribution in [0.5, 0.6) is 17.2 Å². The van der Waals surface area contributed by atoms with Gasteiger partial charge < -0.3 is 19.2 Å². The molecule has 4 aromatic rings. The minimum Gasteiger partial charge on any atom is -0.493 e. The lowest BCUT2D eigenvalue weighted by Crippen LogP contribution is -2.06. The van der Waals surface area contributed by atoms with Crippen molar-refractivity contribution in [1.82, 2.24) is 9.97 Å². The van der Waals surface area contributed by atoms with Gasteiger partial charge in [0.15, 0.2) is 17.3 Å². The first-order chi connectivity index (χ1) is 15.2. The number of carbonyl (C=O) groups excluding carboxylic acids is 1. The van der Waals surface area contributed by atoms with E-state index >= 15 is 0 Å². The van der Waals surface area contributed by atoms with Gasteiger partial charge in [0.25, 0.3) is 0 Å². The van der Waals surface area contributed by atoms with Crippen molar-refractivity contribution in [2.45, 2.75) is 0 Å². The number of pyridine rings is 1. The number of ketones is 1. The van der Waals surface area contributed by atoms with Crippen molar-refractivity contribution in [3.63, 3.8) is 0 Å². The number of rotatable bonds is 7. The molecule has 0 aliphatic carbocycles. The molecular formula is C25H22N2O4. The van der Waals surface area contributed by atoms with Gasteiger partial charge in [0.05, 0.1) is 21.3 Å². The van der Waals surface area contributed by atoms with E-state index in [9.17, 15) is 4.79 Å². The number of methoxy groups -OCH3 is 3. The predicted molar refractivity (Wildman–Crippen MR) is 119 cm³/mol. The second-order valence-electron chi connectivity index (χ2n) is 6.82. The molecule has 156 valence electrons. The summed E-state index contributed by atoms with van der Waals surface area (Å²) in [4.78, 5) is 21.0. The number of ether oxygens (including phenoxy) is 3. The molecule has 0 saturated heterocycles. The predicted octanol–water partition coefficient (Wildman–Crippen LogP) is 5.00. The van der Waals surface area contributed by atoms with Crippen LogP contribution in [0.15, 0.2) is 73.2 Å². The van der Waals surface area contributed by atoms with Gasteiger partial charge in [0, 0.05) is 35.4 Å². The Morgan fingerprint density at radius 2 is 1.55 bits per heavy atom. The van der Waals surface area contributed by atoms with Gasteiger partial charge in [-0.3, -0.25) is 9.78 Å². The van der Waals surface area contributed by atoms with Crippen LogP contribution in [0.4, 0.5) is 0 Å². The van der Waals surface area contributed by atoms with Gasteiger partial charge in [-0.25, -0.2) is 0 Å². The van der Waals surface area contributed by atoms with E-state index in [1.807, 2.05) is 48.7 Å². The number of H-pyrrole nitrogens is 1. The topological polar surface area (TPSA) is 73.4 Å². The smallest absolute Gasteiger partial charge is 0.203 e. The quantitative estimate of drug-likeness (QED) is 0.431. The molecule has 0 unspecified atom stereocenters. The molecule has 4 rings (SSSR count). The number of nitrogens with zero attached hydrogens (tertiary/aromatic N) is 1. The summed E-state index contributed by atoms with van der Waals surface area (Å²) in [6, 6.07) is 16.8. The molecule has 0 aliphatic heterocycles. The maximum absolute atomic E-state index is 13.7. The number of hydrogen-bond acceptors (Lipinski definition) is 5. The number of aromatic nitrogens is 2. The van der Waals surface area contributed by atoms with Crippen LogP contribution in [0, 0.1) is 0 Å². The summed E-state index contributed by atoms with van der Waals surface area (Å²) >= 11 is 0. The lowest BCUT2D eigenvalue weighted by atomic mass is 9.92. The highest BCUT2D eigenvalue weighted by molar-refractivity contribution is 6.14. The fourth-order valence-corrected chi connectivity index (χ4v) is 3.56. The molecule has 0 spiro atoms. The Morgan fingerprint density at radius 3 is 2.13 bits per heavy atom. The number of benzene rings is 2. The number of carbonyl (C=O) groups is 1. The van der Waals surface area contributed by atoms with Crippen LogP contribution in [0.25, 0.3) is 22.4 Å². The Labute approximate surface area is 180 Å². The largest absolute Gasteiger partial charge is 0.493 e. The van der Waals surface area contributed by atoms with Crippen molar-refractivity contribution in [1.29, 1.82) is 0 Å². The zero-order valence-corrected chi connectivity index (χ0v) is 17.5. The van der Waals surface area contributed by atoms with Crippen LogP contribution >= 0.6 is 0 Å². The molecule has 6 heteroatoms. The summed E-state index contributed by atoms with van der Waals surface area (Å²) in [5.41, 5.74) is 4.57. The fraction of sp³-hybridized carbons (Fsp3) is 0.120. The van der Waals surface area contributed by atoms with Crippen molar-refractivity contribution < 1.29 is 19.0 Å². The Hall–Kier alpha value is -4.06. The molecule has 2 aromatic heterocycles. The normalized spacial score (nSPS) is 10.5. The monoisotopic (exact) mass is 414 g/mol. The molecule has 0 amide bonds. The maximum Gasteiger partial charge on any atom is 0.203 e. The Balaban J connectivity index is 1.89. The van der Waals surface area contributed by atoms with Crippen LogP contribution in [-0.4, -0.2) is 37.1 Å². The van der Waals surface area contributed by atoms with Crippen molar-refractivity contribution in [2.24, 2.45) is 0 Å². The van der Waals surface area contributed by atoms with Crippen molar-refractivity contribution in [2.75, 3.05) is 21.3 Å². The zero-order valence-electron chi connectivity index (χ0n) is 17.5. The first-order valence-corrected chi connectivity index (χ1v) is 9.69. The third-order valence-corrected chi connectivity index (χ3v) is 5.09. The summed E-state index contributed by atoms with van der Waals surface area (Å²) < 4.78 is 16.3. The number of nitrogens with one attached hydrogen (secondary N) is 1. The summed E-state index contributed by atoms with van der Waals surface area (Å²) in [7, 11) is 4.59. The average Bonchev–Trinajstić information content (AvgIpc) is 3.38. The highest BCUT2D eigenvalue weighted by Crippen LogP contribution is 2.39. The molecule has 31 heavy (non-hydrogen) atoms. The Bertz CT molecular complexity index is 1180. The van der Waals surface area contributed by atoms with E-state index in [-0.39, 0.29) is 5.78 Å². The minimum atomic E-state index is -0.153.